The summed E-state index contributed by atoms with van der Waals surface area (Å²) in [5, 5.41) is 5.24. The van der Waals surface area contributed by atoms with Gasteiger partial charge in [-0.3, -0.25) is 14.2 Å². The number of hydrogen-bond acceptors (Lipinski definition) is 6. The molecule has 4 aromatic rings. The van der Waals surface area contributed by atoms with Crippen LogP contribution in [0.3, 0.4) is 0 Å². The maximum atomic E-state index is 13.1. The highest BCUT2D eigenvalue weighted by Gasteiger charge is 2.25. The SMILES string of the molecule is COc1ccc(NC(=O)c2c(N)n(C(=O)c3cccs3)c3ccccc23)cc1OC. The normalized spacial score (nSPS) is 10.7. The monoisotopic (exact) mass is 421 g/mol. The smallest absolute Gasteiger partial charge is 0.274 e. The summed E-state index contributed by atoms with van der Waals surface area (Å²) < 4.78 is 11.9. The molecule has 0 bridgehead atoms. The first-order valence-electron chi connectivity index (χ1n) is 9.05. The Morgan fingerprint density at radius 3 is 2.47 bits per heavy atom. The van der Waals surface area contributed by atoms with E-state index in [9.17, 15) is 9.59 Å². The topological polar surface area (TPSA) is 95.6 Å². The molecule has 0 aliphatic carbocycles. The Morgan fingerprint density at radius 2 is 1.77 bits per heavy atom. The lowest BCUT2D eigenvalue weighted by Crippen LogP contribution is -2.17. The van der Waals surface area contributed by atoms with Gasteiger partial charge in [-0.05, 0) is 29.6 Å². The average Bonchev–Trinajstić information content (AvgIpc) is 3.39. The number of para-hydroxylation sites is 1. The summed E-state index contributed by atoms with van der Waals surface area (Å²) in [6.07, 6.45) is 0. The predicted octanol–water partition coefficient (Wildman–Crippen LogP) is 4.24. The Bertz CT molecular complexity index is 1240. The van der Waals surface area contributed by atoms with E-state index in [1.807, 2.05) is 5.38 Å². The lowest BCUT2D eigenvalue weighted by Gasteiger charge is -2.11. The van der Waals surface area contributed by atoms with Gasteiger partial charge in [-0.1, -0.05) is 24.3 Å². The maximum absolute atomic E-state index is 13.1. The minimum Gasteiger partial charge on any atom is -0.493 e. The minimum absolute atomic E-state index is 0.0903. The number of nitrogens with one attached hydrogen (secondary N) is 1. The molecular weight excluding hydrogens is 402 g/mol. The number of hydrogen-bond donors (Lipinski definition) is 2. The number of fused-ring (bicyclic) bond motifs is 1. The fourth-order valence-electron chi connectivity index (χ4n) is 3.34. The Labute approximate surface area is 176 Å². The summed E-state index contributed by atoms with van der Waals surface area (Å²) in [6, 6.07) is 15.7. The van der Waals surface area contributed by atoms with Gasteiger partial charge in [-0.2, -0.15) is 0 Å². The van der Waals surface area contributed by atoms with Crippen molar-refractivity contribution in [1.29, 1.82) is 0 Å². The van der Waals surface area contributed by atoms with Crippen LogP contribution in [0.1, 0.15) is 20.0 Å². The van der Waals surface area contributed by atoms with Crippen LogP contribution in [0.25, 0.3) is 10.9 Å². The van der Waals surface area contributed by atoms with E-state index in [4.69, 9.17) is 15.2 Å². The van der Waals surface area contributed by atoms with Crippen LogP contribution in [0, 0.1) is 0 Å². The fourth-order valence-corrected chi connectivity index (χ4v) is 3.99. The van der Waals surface area contributed by atoms with E-state index in [2.05, 4.69) is 5.32 Å². The third-order valence-electron chi connectivity index (χ3n) is 4.71. The molecule has 0 fully saturated rings. The van der Waals surface area contributed by atoms with Crippen LogP contribution in [-0.4, -0.2) is 30.6 Å². The summed E-state index contributed by atoms with van der Waals surface area (Å²) in [5.74, 6) is 0.428. The third kappa shape index (κ3) is 3.27. The zero-order valence-corrected chi connectivity index (χ0v) is 17.2. The Hall–Kier alpha value is -3.78. The molecular formula is C22H19N3O4S. The van der Waals surface area contributed by atoms with Crippen molar-refractivity contribution in [3.05, 3.63) is 70.4 Å². The number of carbonyl (C=O) groups is 2. The second kappa shape index (κ2) is 7.92. The Morgan fingerprint density at radius 1 is 1.00 bits per heavy atom. The molecule has 8 heteroatoms. The second-order valence-corrected chi connectivity index (χ2v) is 7.37. The first-order valence-corrected chi connectivity index (χ1v) is 9.93. The number of nitrogen functional groups attached to an aromatic ring is 1. The van der Waals surface area contributed by atoms with Gasteiger partial charge in [0.2, 0.25) is 0 Å². The highest BCUT2D eigenvalue weighted by Crippen LogP contribution is 2.33. The van der Waals surface area contributed by atoms with Crippen molar-refractivity contribution in [2.24, 2.45) is 0 Å². The maximum Gasteiger partial charge on any atom is 0.274 e. The number of ether oxygens (including phenoxy) is 2. The zero-order chi connectivity index (χ0) is 21.3. The van der Waals surface area contributed by atoms with Crippen LogP contribution in [-0.2, 0) is 0 Å². The molecule has 2 heterocycles. The van der Waals surface area contributed by atoms with Gasteiger partial charge in [0.1, 0.15) is 5.82 Å². The molecule has 1 amide bonds. The molecule has 3 N–H and O–H groups in total. The number of methoxy groups -OCH3 is 2. The highest BCUT2D eigenvalue weighted by atomic mass is 32.1. The number of anilines is 2. The number of thiophene rings is 1. The second-order valence-electron chi connectivity index (χ2n) is 6.42. The Balaban J connectivity index is 1.77. The van der Waals surface area contributed by atoms with Crippen molar-refractivity contribution in [3.8, 4) is 11.5 Å². The fraction of sp³-hybridized carbons (Fsp3) is 0.0909. The van der Waals surface area contributed by atoms with Gasteiger partial charge in [-0.15, -0.1) is 11.3 Å². The van der Waals surface area contributed by atoms with E-state index in [0.717, 1.165) is 0 Å². The molecule has 0 aliphatic rings. The molecule has 7 nitrogen and oxygen atoms in total. The van der Waals surface area contributed by atoms with Crippen molar-refractivity contribution in [2.75, 3.05) is 25.3 Å². The molecule has 0 saturated heterocycles. The van der Waals surface area contributed by atoms with E-state index < -0.39 is 5.91 Å². The van der Waals surface area contributed by atoms with Crippen LogP contribution in [0.5, 0.6) is 11.5 Å². The molecule has 2 aromatic heterocycles. The lowest BCUT2D eigenvalue weighted by atomic mass is 10.1. The molecule has 4 rings (SSSR count). The van der Waals surface area contributed by atoms with Gasteiger partial charge in [0.15, 0.2) is 11.5 Å². The minimum atomic E-state index is -0.423. The molecule has 0 spiro atoms. The van der Waals surface area contributed by atoms with Gasteiger partial charge in [0.25, 0.3) is 11.8 Å². The average molecular weight is 421 g/mol. The first kappa shape index (κ1) is 19.5. The van der Waals surface area contributed by atoms with Crippen LogP contribution < -0.4 is 20.5 Å². The number of amides is 1. The number of nitrogens with zero attached hydrogens (tertiary/aromatic N) is 1. The van der Waals surface area contributed by atoms with Crippen LogP contribution in [0.15, 0.2) is 60.0 Å². The van der Waals surface area contributed by atoms with Crippen molar-refractivity contribution < 1.29 is 19.1 Å². The summed E-state index contributed by atoms with van der Waals surface area (Å²) in [4.78, 5) is 26.7. The van der Waals surface area contributed by atoms with E-state index in [-0.39, 0.29) is 17.3 Å². The Kier molecular flexibility index (Phi) is 5.16. The summed E-state index contributed by atoms with van der Waals surface area (Å²) in [6.45, 7) is 0. The van der Waals surface area contributed by atoms with Crippen LogP contribution >= 0.6 is 11.3 Å². The molecule has 0 saturated carbocycles. The molecule has 0 aliphatic heterocycles. The van der Waals surface area contributed by atoms with E-state index in [1.165, 1.54) is 30.1 Å². The standard InChI is InChI=1S/C22H19N3O4S/c1-28-16-10-9-13(12-17(16)29-2)24-21(26)19-14-6-3-4-7-15(14)25(20(19)23)22(27)18-8-5-11-30-18/h3-12H,23H2,1-2H3,(H,24,26). The molecule has 0 radical (unpaired) electrons. The summed E-state index contributed by atoms with van der Waals surface area (Å²) in [7, 11) is 3.06. The highest BCUT2D eigenvalue weighted by molar-refractivity contribution is 7.12. The van der Waals surface area contributed by atoms with Gasteiger partial charge >= 0.3 is 0 Å². The summed E-state index contributed by atoms with van der Waals surface area (Å²) >= 11 is 1.32. The van der Waals surface area contributed by atoms with Crippen molar-refractivity contribution >= 4 is 45.6 Å². The van der Waals surface area contributed by atoms with Gasteiger partial charge < -0.3 is 20.5 Å². The molecule has 0 unspecified atom stereocenters. The predicted molar refractivity (Wildman–Crippen MR) is 118 cm³/mol. The van der Waals surface area contributed by atoms with E-state index in [0.29, 0.717) is 33.0 Å². The molecule has 0 atom stereocenters. The molecule has 2 aromatic carbocycles. The van der Waals surface area contributed by atoms with Crippen molar-refractivity contribution in [1.82, 2.24) is 4.57 Å². The largest absolute Gasteiger partial charge is 0.493 e. The van der Waals surface area contributed by atoms with Crippen LogP contribution in [0.2, 0.25) is 0 Å². The number of rotatable bonds is 5. The lowest BCUT2D eigenvalue weighted by molar-refractivity contribution is 0.0971. The van der Waals surface area contributed by atoms with Gasteiger partial charge in [0, 0.05) is 17.1 Å². The van der Waals surface area contributed by atoms with E-state index >= 15 is 0 Å². The molecule has 30 heavy (non-hydrogen) atoms. The van der Waals surface area contributed by atoms with Gasteiger partial charge in [0.05, 0.1) is 30.2 Å². The number of benzene rings is 2. The number of nitrogens with two attached hydrogens (primary N) is 1. The zero-order valence-electron chi connectivity index (χ0n) is 16.3. The van der Waals surface area contributed by atoms with Crippen LogP contribution in [0.4, 0.5) is 11.5 Å². The van der Waals surface area contributed by atoms with E-state index in [1.54, 1.807) is 54.6 Å². The van der Waals surface area contributed by atoms with Crippen molar-refractivity contribution in [3.63, 3.8) is 0 Å². The van der Waals surface area contributed by atoms with Gasteiger partial charge in [-0.25, -0.2) is 0 Å². The number of aromatic nitrogens is 1. The number of carbonyl (C=O) groups excluding carboxylic acids is 2. The summed E-state index contributed by atoms with van der Waals surface area (Å²) in [5.41, 5.74) is 7.65. The third-order valence-corrected chi connectivity index (χ3v) is 5.57. The van der Waals surface area contributed by atoms with Crippen molar-refractivity contribution in [2.45, 2.75) is 0 Å². The molecule has 152 valence electrons. The quantitative estimate of drug-likeness (QED) is 0.502. The first-order chi connectivity index (χ1) is 14.5.